The van der Waals surface area contributed by atoms with Gasteiger partial charge in [-0.25, -0.2) is 0 Å². The van der Waals surface area contributed by atoms with Crippen LogP contribution in [0.3, 0.4) is 0 Å². The van der Waals surface area contributed by atoms with E-state index in [2.05, 4.69) is 9.24 Å². The van der Waals surface area contributed by atoms with Crippen LogP contribution in [0.5, 0.6) is 11.5 Å². The Hall–Kier alpha value is -0.750. The molecule has 0 amide bonds. The predicted octanol–water partition coefficient (Wildman–Crippen LogP) is 1.47. The molecule has 0 spiro atoms. The second-order valence-corrected chi connectivity index (χ2v) is 2.44. The lowest BCUT2D eigenvalue weighted by molar-refractivity contribution is 0.403. The molecule has 1 atom stereocenters. The van der Waals surface area contributed by atoms with Crippen LogP contribution in [0.1, 0.15) is 5.56 Å². The summed E-state index contributed by atoms with van der Waals surface area (Å²) in [5.74, 6) is -0.123. The van der Waals surface area contributed by atoms with Crippen molar-refractivity contribution in [2.75, 3.05) is 0 Å². The number of phenols is 2. The highest BCUT2D eigenvalue weighted by molar-refractivity contribution is 7.15. The molecule has 0 radical (unpaired) electrons. The average Bonchev–Trinajstić information content (AvgIpc) is 1.95. The Bertz CT molecular complexity index is 235. The summed E-state index contributed by atoms with van der Waals surface area (Å²) >= 11 is 0. The lowest BCUT2D eigenvalue weighted by Gasteiger charge is -1.98. The Kier molecular flexibility index (Phi) is 2.13. The molecular formula is C7H9O2P. The molecule has 3 heteroatoms. The predicted molar refractivity (Wildman–Crippen MR) is 43.2 cm³/mol. The average molecular weight is 156 g/mol. The topological polar surface area (TPSA) is 40.5 Å². The number of benzene rings is 1. The fourth-order valence-corrected chi connectivity index (χ4v) is 0.950. The molecule has 54 valence electrons. The van der Waals surface area contributed by atoms with Gasteiger partial charge < -0.3 is 10.2 Å². The Labute approximate surface area is 61.7 Å². The summed E-state index contributed by atoms with van der Waals surface area (Å²) in [5.41, 5.74) is 0.986. The van der Waals surface area contributed by atoms with E-state index in [0.717, 1.165) is 11.7 Å². The highest BCUT2D eigenvalue weighted by Crippen LogP contribution is 2.25. The Balaban J connectivity index is 3.04. The second kappa shape index (κ2) is 2.89. The summed E-state index contributed by atoms with van der Waals surface area (Å²) in [6.07, 6.45) is 0.786. The molecule has 1 rings (SSSR count). The van der Waals surface area contributed by atoms with Gasteiger partial charge in [0.25, 0.3) is 0 Å². The molecular weight excluding hydrogens is 147 g/mol. The van der Waals surface area contributed by atoms with Gasteiger partial charge in [-0.2, -0.15) is 0 Å². The Morgan fingerprint density at radius 3 is 2.40 bits per heavy atom. The molecule has 0 aliphatic heterocycles. The molecule has 2 N–H and O–H groups in total. The van der Waals surface area contributed by atoms with Crippen LogP contribution >= 0.6 is 9.24 Å². The third-order valence-electron chi connectivity index (χ3n) is 1.28. The molecule has 0 saturated heterocycles. The summed E-state index contributed by atoms with van der Waals surface area (Å²) in [6, 6.07) is 4.79. The summed E-state index contributed by atoms with van der Waals surface area (Å²) in [7, 11) is 2.54. The van der Waals surface area contributed by atoms with Gasteiger partial charge >= 0.3 is 0 Å². The van der Waals surface area contributed by atoms with Crippen LogP contribution in [0.2, 0.25) is 0 Å². The maximum atomic E-state index is 8.97. The van der Waals surface area contributed by atoms with Crippen LogP contribution in [0.25, 0.3) is 0 Å². The van der Waals surface area contributed by atoms with Gasteiger partial charge in [0, 0.05) is 0 Å². The molecule has 0 bridgehead atoms. The zero-order valence-electron chi connectivity index (χ0n) is 5.41. The number of hydrogen-bond donors (Lipinski definition) is 2. The molecule has 2 nitrogen and oxygen atoms in total. The van der Waals surface area contributed by atoms with Gasteiger partial charge in [-0.3, -0.25) is 0 Å². The second-order valence-electron chi connectivity index (χ2n) is 2.03. The van der Waals surface area contributed by atoms with Gasteiger partial charge in [0.1, 0.15) is 0 Å². The van der Waals surface area contributed by atoms with E-state index in [-0.39, 0.29) is 11.5 Å². The van der Waals surface area contributed by atoms with E-state index < -0.39 is 0 Å². The van der Waals surface area contributed by atoms with Gasteiger partial charge in [-0.1, -0.05) is 6.07 Å². The molecule has 0 fully saturated rings. The standard InChI is InChI=1S/C7H9O2P/c8-6-2-1-5(4-10)3-7(6)9/h1-3,8-9H,4,10H2. The first-order chi connectivity index (χ1) is 4.74. The van der Waals surface area contributed by atoms with Gasteiger partial charge in [0.05, 0.1) is 0 Å². The first-order valence-electron chi connectivity index (χ1n) is 2.95. The van der Waals surface area contributed by atoms with Crippen molar-refractivity contribution in [1.82, 2.24) is 0 Å². The minimum Gasteiger partial charge on any atom is -0.504 e. The van der Waals surface area contributed by atoms with E-state index in [1.165, 1.54) is 6.07 Å². The molecule has 0 heterocycles. The van der Waals surface area contributed by atoms with E-state index in [1.807, 2.05) is 0 Å². The van der Waals surface area contributed by atoms with E-state index in [4.69, 9.17) is 10.2 Å². The maximum Gasteiger partial charge on any atom is 0.157 e. The molecule has 1 aromatic carbocycles. The lowest BCUT2D eigenvalue weighted by atomic mass is 10.2. The summed E-state index contributed by atoms with van der Waals surface area (Å²) < 4.78 is 0. The SMILES string of the molecule is Oc1ccc(CP)cc1O. The van der Waals surface area contributed by atoms with E-state index in [0.29, 0.717) is 0 Å². The fraction of sp³-hybridized carbons (Fsp3) is 0.143. The van der Waals surface area contributed by atoms with Crippen LogP contribution in [-0.2, 0) is 6.16 Å². The van der Waals surface area contributed by atoms with Crippen molar-refractivity contribution in [2.45, 2.75) is 6.16 Å². The smallest absolute Gasteiger partial charge is 0.157 e. The van der Waals surface area contributed by atoms with E-state index >= 15 is 0 Å². The monoisotopic (exact) mass is 156 g/mol. The van der Waals surface area contributed by atoms with Crippen LogP contribution in [0.15, 0.2) is 18.2 Å². The van der Waals surface area contributed by atoms with E-state index in [1.54, 1.807) is 12.1 Å². The quantitative estimate of drug-likeness (QED) is 0.477. The number of aromatic hydroxyl groups is 2. The van der Waals surface area contributed by atoms with Gasteiger partial charge in [0.15, 0.2) is 11.5 Å². The van der Waals surface area contributed by atoms with Crippen molar-refractivity contribution >= 4 is 9.24 Å². The summed E-state index contributed by atoms with van der Waals surface area (Å²) in [4.78, 5) is 0. The molecule has 0 aliphatic rings. The van der Waals surface area contributed by atoms with Gasteiger partial charge in [-0.15, -0.1) is 9.24 Å². The van der Waals surface area contributed by atoms with Crippen molar-refractivity contribution in [1.29, 1.82) is 0 Å². The summed E-state index contributed by atoms with van der Waals surface area (Å²) in [5, 5.41) is 17.9. The van der Waals surface area contributed by atoms with Crippen molar-refractivity contribution in [3.8, 4) is 11.5 Å². The number of phenolic OH excluding ortho intramolecular Hbond substituents is 2. The molecule has 1 aromatic rings. The first kappa shape index (κ1) is 7.36. The largest absolute Gasteiger partial charge is 0.504 e. The zero-order chi connectivity index (χ0) is 7.56. The van der Waals surface area contributed by atoms with Crippen LogP contribution < -0.4 is 0 Å². The Morgan fingerprint density at radius 2 is 1.90 bits per heavy atom. The molecule has 1 unspecified atom stereocenters. The normalized spacial score (nSPS) is 9.70. The van der Waals surface area contributed by atoms with Gasteiger partial charge in [-0.05, 0) is 23.9 Å². The van der Waals surface area contributed by atoms with Crippen molar-refractivity contribution in [3.63, 3.8) is 0 Å². The highest BCUT2D eigenvalue weighted by atomic mass is 31.0. The van der Waals surface area contributed by atoms with Crippen LogP contribution in [0.4, 0.5) is 0 Å². The van der Waals surface area contributed by atoms with Crippen molar-refractivity contribution in [2.24, 2.45) is 0 Å². The fourth-order valence-electron chi connectivity index (χ4n) is 0.696. The Morgan fingerprint density at radius 1 is 1.20 bits per heavy atom. The molecule has 0 aromatic heterocycles. The van der Waals surface area contributed by atoms with Gasteiger partial charge in [0.2, 0.25) is 0 Å². The third-order valence-corrected chi connectivity index (χ3v) is 1.75. The van der Waals surface area contributed by atoms with Crippen LogP contribution in [-0.4, -0.2) is 10.2 Å². The summed E-state index contributed by atoms with van der Waals surface area (Å²) in [6.45, 7) is 0. The maximum absolute atomic E-state index is 8.97. The van der Waals surface area contributed by atoms with Crippen LogP contribution in [0, 0.1) is 0 Å². The molecule has 0 aliphatic carbocycles. The number of hydrogen-bond acceptors (Lipinski definition) is 2. The lowest BCUT2D eigenvalue weighted by Crippen LogP contribution is -1.75. The number of rotatable bonds is 1. The minimum absolute atomic E-state index is 0.0556. The third kappa shape index (κ3) is 1.39. The minimum atomic E-state index is -0.0674. The van der Waals surface area contributed by atoms with Crippen molar-refractivity contribution < 1.29 is 10.2 Å². The van der Waals surface area contributed by atoms with Crippen molar-refractivity contribution in [3.05, 3.63) is 23.8 Å². The molecule has 0 saturated carbocycles. The van der Waals surface area contributed by atoms with E-state index in [9.17, 15) is 0 Å². The first-order valence-corrected chi connectivity index (χ1v) is 3.76. The zero-order valence-corrected chi connectivity index (χ0v) is 6.57. The molecule has 10 heavy (non-hydrogen) atoms. The highest BCUT2D eigenvalue weighted by Gasteiger charge is 1.97.